The summed E-state index contributed by atoms with van der Waals surface area (Å²) in [5.41, 5.74) is 18.6. The summed E-state index contributed by atoms with van der Waals surface area (Å²) < 4.78 is 2.43. The van der Waals surface area contributed by atoms with Gasteiger partial charge in [0.2, 0.25) is 0 Å². The molecule has 0 aliphatic rings. The van der Waals surface area contributed by atoms with E-state index in [0.29, 0.717) is 0 Å². The molecule has 11 aromatic rings. The number of anilines is 3. The molecule has 0 fully saturated rings. The van der Waals surface area contributed by atoms with Gasteiger partial charge in [-0.15, -0.1) is 0 Å². The van der Waals surface area contributed by atoms with E-state index in [1.807, 2.05) is 0 Å². The van der Waals surface area contributed by atoms with E-state index in [9.17, 15) is 0 Å². The lowest BCUT2D eigenvalue weighted by Gasteiger charge is -2.27. The topological polar surface area (TPSA) is 8.17 Å². The Balaban J connectivity index is 1.05. The van der Waals surface area contributed by atoms with E-state index in [4.69, 9.17) is 0 Å². The first-order chi connectivity index (χ1) is 30.8. The van der Waals surface area contributed by atoms with E-state index in [1.54, 1.807) is 0 Å². The molecule has 0 unspecified atom stereocenters. The van der Waals surface area contributed by atoms with E-state index in [0.717, 1.165) is 33.9 Å². The van der Waals surface area contributed by atoms with Gasteiger partial charge in [-0.1, -0.05) is 200 Å². The molecule has 0 bridgehead atoms. The summed E-state index contributed by atoms with van der Waals surface area (Å²) in [5, 5.41) is 2.50. The van der Waals surface area contributed by atoms with E-state index in [1.165, 1.54) is 66.3 Å². The normalized spacial score (nSPS) is 11.2. The van der Waals surface area contributed by atoms with Crippen molar-refractivity contribution in [3.63, 3.8) is 0 Å². The Bertz CT molecular complexity index is 3240. The number of rotatable bonds is 9. The van der Waals surface area contributed by atoms with Crippen molar-refractivity contribution in [2.75, 3.05) is 4.90 Å². The molecule has 0 saturated heterocycles. The van der Waals surface area contributed by atoms with Gasteiger partial charge < -0.3 is 9.47 Å². The van der Waals surface area contributed by atoms with Crippen LogP contribution in [0.3, 0.4) is 0 Å². The Morgan fingerprint density at radius 3 is 1.11 bits per heavy atom. The van der Waals surface area contributed by atoms with Crippen LogP contribution in [0.15, 0.2) is 255 Å². The Morgan fingerprint density at radius 2 is 0.613 bits per heavy atom. The first-order valence-electron chi connectivity index (χ1n) is 21.3. The van der Waals surface area contributed by atoms with E-state index < -0.39 is 0 Å². The molecule has 2 nitrogen and oxygen atoms in total. The van der Waals surface area contributed by atoms with Crippen molar-refractivity contribution in [1.29, 1.82) is 0 Å². The van der Waals surface area contributed by atoms with Gasteiger partial charge in [-0.2, -0.15) is 0 Å². The fourth-order valence-corrected chi connectivity index (χ4v) is 9.01. The third kappa shape index (κ3) is 6.84. The van der Waals surface area contributed by atoms with Crippen LogP contribution in [0.1, 0.15) is 0 Å². The predicted octanol–water partition coefficient (Wildman–Crippen LogP) is 16.6. The number of hydrogen-bond acceptors (Lipinski definition) is 1. The van der Waals surface area contributed by atoms with Crippen LogP contribution in [-0.4, -0.2) is 4.57 Å². The molecule has 1 aromatic heterocycles. The zero-order chi connectivity index (χ0) is 41.2. The van der Waals surface area contributed by atoms with Crippen LogP contribution in [0.5, 0.6) is 0 Å². The summed E-state index contributed by atoms with van der Waals surface area (Å²) >= 11 is 0. The maximum atomic E-state index is 2.43. The molecule has 2 heteroatoms. The summed E-state index contributed by atoms with van der Waals surface area (Å²) in [4.78, 5) is 2.38. The highest BCUT2D eigenvalue weighted by Gasteiger charge is 2.20. The average molecular weight is 791 g/mol. The van der Waals surface area contributed by atoms with Crippen LogP contribution in [0.25, 0.3) is 83.1 Å². The standard InChI is InChI=1S/C60H42N2/c1-4-16-43(17-5-1)45-28-30-46(31-29-45)48-34-38-51(39-35-48)61(50-36-32-47(33-37-50)44-18-6-2-7-19-44)52-40-41-53(57(42-52)49-20-8-3-9-21-49)54-22-10-13-25-58(54)62-59-26-14-11-23-55(59)56-24-12-15-27-60(56)62/h1-42H. The SMILES string of the molecule is c1ccc(-c2ccc(-c3ccc(N(c4ccc(-c5ccccc5)cc4)c4ccc(-c5ccccc5-n5c6ccccc6c6ccccc65)c(-c5ccccc5)c4)cc3)cc2)cc1. The Kier molecular flexibility index (Phi) is 9.57. The molecule has 292 valence electrons. The highest BCUT2D eigenvalue weighted by atomic mass is 15.1. The van der Waals surface area contributed by atoms with Crippen molar-refractivity contribution >= 4 is 38.9 Å². The monoisotopic (exact) mass is 790 g/mol. The van der Waals surface area contributed by atoms with Gasteiger partial charge in [0.15, 0.2) is 0 Å². The summed E-state index contributed by atoms with van der Waals surface area (Å²) in [5.74, 6) is 0. The van der Waals surface area contributed by atoms with Crippen LogP contribution < -0.4 is 4.90 Å². The fourth-order valence-electron chi connectivity index (χ4n) is 9.01. The number of nitrogens with zero attached hydrogens (tertiary/aromatic N) is 2. The van der Waals surface area contributed by atoms with Gasteiger partial charge >= 0.3 is 0 Å². The molecular weight excluding hydrogens is 749 g/mol. The van der Waals surface area contributed by atoms with Crippen LogP contribution in [0.2, 0.25) is 0 Å². The summed E-state index contributed by atoms with van der Waals surface area (Å²) in [6, 6.07) is 92.0. The smallest absolute Gasteiger partial charge is 0.0541 e. The summed E-state index contributed by atoms with van der Waals surface area (Å²) in [6.45, 7) is 0. The lowest BCUT2D eigenvalue weighted by Crippen LogP contribution is -2.10. The maximum Gasteiger partial charge on any atom is 0.0541 e. The lowest BCUT2D eigenvalue weighted by molar-refractivity contribution is 1.18. The predicted molar refractivity (Wildman–Crippen MR) is 263 cm³/mol. The second-order valence-electron chi connectivity index (χ2n) is 15.7. The second kappa shape index (κ2) is 16.1. The van der Waals surface area contributed by atoms with Crippen molar-refractivity contribution in [1.82, 2.24) is 4.57 Å². The molecule has 0 saturated carbocycles. The number of hydrogen-bond donors (Lipinski definition) is 0. The number of fused-ring (bicyclic) bond motifs is 3. The minimum absolute atomic E-state index is 1.08. The second-order valence-corrected chi connectivity index (χ2v) is 15.7. The molecular formula is C60H42N2. The van der Waals surface area contributed by atoms with E-state index in [-0.39, 0.29) is 0 Å². The fraction of sp³-hybridized carbons (Fsp3) is 0. The first-order valence-corrected chi connectivity index (χ1v) is 21.3. The Labute approximate surface area is 362 Å². The average Bonchev–Trinajstić information content (AvgIpc) is 3.70. The van der Waals surface area contributed by atoms with Crippen molar-refractivity contribution in [3.8, 4) is 61.3 Å². The van der Waals surface area contributed by atoms with E-state index >= 15 is 0 Å². The molecule has 0 radical (unpaired) electrons. The van der Waals surface area contributed by atoms with Crippen LogP contribution >= 0.6 is 0 Å². The van der Waals surface area contributed by atoms with Crippen LogP contribution in [-0.2, 0) is 0 Å². The molecule has 0 aliphatic carbocycles. The summed E-state index contributed by atoms with van der Waals surface area (Å²) in [6.07, 6.45) is 0. The number of benzene rings is 10. The molecule has 1 heterocycles. The zero-order valence-electron chi connectivity index (χ0n) is 34.1. The lowest BCUT2D eigenvalue weighted by atomic mass is 9.92. The first kappa shape index (κ1) is 36.8. The van der Waals surface area contributed by atoms with Crippen molar-refractivity contribution in [2.45, 2.75) is 0 Å². The Hall–Kier alpha value is -8.20. The molecule has 0 atom stereocenters. The molecule has 0 N–H and O–H groups in total. The highest BCUT2D eigenvalue weighted by molar-refractivity contribution is 6.10. The minimum Gasteiger partial charge on any atom is -0.310 e. The zero-order valence-corrected chi connectivity index (χ0v) is 34.1. The van der Waals surface area contributed by atoms with Gasteiger partial charge in [-0.25, -0.2) is 0 Å². The van der Waals surface area contributed by atoms with Gasteiger partial charge in [-0.3, -0.25) is 0 Å². The molecule has 0 aliphatic heterocycles. The van der Waals surface area contributed by atoms with Gasteiger partial charge in [0, 0.05) is 33.4 Å². The quantitative estimate of drug-likeness (QED) is 0.141. The molecule has 10 aromatic carbocycles. The molecule has 62 heavy (non-hydrogen) atoms. The highest BCUT2D eigenvalue weighted by Crippen LogP contribution is 2.44. The van der Waals surface area contributed by atoms with Crippen molar-refractivity contribution in [3.05, 3.63) is 255 Å². The van der Waals surface area contributed by atoms with Crippen LogP contribution in [0, 0.1) is 0 Å². The van der Waals surface area contributed by atoms with Gasteiger partial charge in [0.05, 0.1) is 16.7 Å². The third-order valence-corrected chi connectivity index (χ3v) is 12.0. The van der Waals surface area contributed by atoms with Gasteiger partial charge in [0.1, 0.15) is 0 Å². The van der Waals surface area contributed by atoms with E-state index in [2.05, 4.69) is 264 Å². The number of para-hydroxylation sites is 3. The molecule has 0 amide bonds. The Morgan fingerprint density at radius 1 is 0.242 bits per heavy atom. The van der Waals surface area contributed by atoms with Gasteiger partial charge in [-0.05, 0) is 105 Å². The molecule has 0 spiro atoms. The largest absolute Gasteiger partial charge is 0.310 e. The van der Waals surface area contributed by atoms with Crippen LogP contribution in [0.4, 0.5) is 17.1 Å². The van der Waals surface area contributed by atoms with Crippen molar-refractivity contribution in [2.24, 2.45) is 0 Å². The van der Waals surface area contributed by atoms with Crippen molar-refractivity contribution < 1.29 is 0 Å². The minimum atomic E-state index is 1.08. The molecule has 11 rings (SSSR count). The third-order valence-electron chi connectivity index (χ3n) is 12.0. The summed E-state index contributed by atoms with van der Waals surface area (Å²) in [7, 11) is 0. The maximum absolute atomic E-state index is 2.43. The number of aromatic nitrogens is 1. The van der Waals surface area contributed by atoms with Gasteiger partial charge in [0.25, 0.3) is 0 Å².